The number of anilines is 1. The van der Waals surface area contributed by atoms with Gasteiger partial charge in [0.25, 0.3) is 0 Å². The van der Waals surface area contributed by atoms with Crippen molar-refractivity contribution in [1.82, 2.24) is 19.6 Å². The van der Waals surface area contributed by atoms with E-state index >= 15 is 0 Å². The molecule has 0 atom stereocenters. The molecule has 0 saturated carbocycles. The maximum Gasteiger partial charge on any atom is 0.238 e. The topological polar surface area (TPSA) is 53.4 Å². The van der Waals surface area contributed by atoms with Crippen molar-refractivity contribution in [2.45, 2.75) is 16.3 Å². The van der Waals surface area contributed by atoms with Gasteiger partial charge in [-0.3, -0.25) is 19.3 Å². The number of aryl methyl sites for hydroxylation is 1. The minimum absolute atomic E-state index is 0.0387. The second-order valence-corrected chi connectivity index (χ2v) is 8.65. The van der Waals surface area contributed by atoms with E-state index in [1.807, 2.05) is 60.4 Å². The van der Waals surface area contributed by atoms with E-state index in [1.54, 1.807) is 11.8 Å². The summed E-state index contributed by atoms with van der Waals surface area (Å²) in [7, 11) is 1.94. The highest BCUT2D eigenvalue weighted by molar-refractivity contribution is 7.99. The highest BCUT2D eigenvalue weighted by Crippen LogP contribution is 2.33. The number of aromatic nitrogens is 2. The van der Waals surface area contributed by atoms with Crippen LogP contribution in [0, 0.1) is 0 Å². The van der Waals surface area contributed by atoms with Gasteiger partial charge in [-0.25, -0.2) is 0 Å². The Labute approximate surface area is 181 Å². The molecule has 0 spiro atoms. The van der Waals surface area contributed by atoms with Gasteiger partial charge in [-0.2, -0.15) is 5.10 Å². The first-order valence-electron chi connectivity index (χ1n) is 10.2. The van der Waals surface area contributed by atoms with Gasteiger partial charge in [0.1, 0.15) is 0 Å². The lowest BCUT2D eigenvalue weighted by atomic mass is 10.2. The van der Waals surface area contributed by atoms with E-state index in [4.69, 9.17) is 0 Å². The molecule has 4 rings (SSSR count). The van der Waals surface area contributed by atoms with Gasteiger partial charge in [-0.1, -0.05) is 42.1 Å². The van der Waals surface area contributed by atoms with E-state index in [0.29, 0.717) is 6.54 Å². The molecular weight excluding hydrogens is 394 g/mol. The molecule has 0 radical (unpaired) electrons. The van der Waals surface area contributed by atoms with Crippen molar-refractivity contribution in [2.75, 3.05) is 38.0 Å². The van der Waals surface area contributed by atoms with Crippen LogP contribution in [-0.2, 0) is 18.4 Å². The Kier molecular flexibility index (Phi) is 6.84. The molecule has 1 fully saturated rings. The number of nitrogens with zero attached hydrogens (tertiary/aromatic N) is 4. The zero-order chi connectivity index (χ0) is 20.8. The van der Waals surface area contributed by atoms with Gasteiger partial charge in [0.2, 0.25) is 5.91 Å². The lowest BCUT2D eigenvalue weighted by molar-refractivity contribution is -0.117. The summed E-state index contributed by atoms with van der Waals surface area (Å²) >= 11 is 1.66. The molecule has 6 nitrogen and oxygen atoms in total. The van der Waals surface area contributed by atoms with Gasteiger partial charge >= 0.3 is 0 Å². The lowest BCUT2D eigenvalue weighted by Gasteiger charge is -2.34. The summed E-state index contributed by atoms with van der Waals surface area (Å²) in [5.74, 6) is 0.0387. The normalized spacial score (nSPS) is 15.2. The van der Waals surface area contributed by atoms with Crippen molar-refractivity contribution >= 4 is 23.4 Å². The minimum atomic E-state index is 0.0387. The fraction of sp³-hybridized carbons (Fsp3) is 0.304. The summed E-state index contributed by atoms with van der Waals surface area (Å²) in [6.07, 6.45) is 3.98. The minimum Gasteiger partial charge on any atom is -0.324 e. The molecule has 2 aromatic carbocycles. The van der Waals surface area contributed by atoms with Crippen LogP contribution in [0.25, 0.3) is 0 Å². The molecule has 0 bridgehead atoms. The Morgan fingerprint density at radius 1 is 1.00 bits per heavy atom. The van der Waals surface area contributed by atoms with E-state index < -0.39 is 0 Å². The van der Waals surface area contributed by atoms with Crippen LogP contribution in [0.3, 0.4) is 0 Å². The van der Waals surface area contributed by atoms with Crippen LogP contribution in [0.2, 0.25) is 0 Å². The van der Waals surface area contributed by atoms with Gasteiger partial charge in [0.15, 0.2) is 0 Å². The predicted molar refractivity (Wildman–Crippen MR) is 121 cm³/mol. The summed E-state index contributed by atoms with van der Waals surface area (Å²) in [6, 6.07) is 18.2. The lowest BCUT2D eigenvalue weighted by Crippen LogP contribution is -2.48. The van der Waals surface area contributed by atoms with Crippen molar-refractivity contribution in [3.05, 3.63) is 72.6 Å². The Bertz CT molecular complexity index is 966. The van der Waals surface area contributed by atoms with Crippen LogP contribution in [0.1, 0.15) is 5.56 Å². The van der Waals surface area contributed by atoms with Gasteiger partial charge in [0.05, 0.1) is 18.4 Å². The molecule has 1 saturated heterocycles. The van der Waals surface area contributed by atoms with Crippen molar-refractivity contribution < 1.29 is 4.79 Å². The summed E-state index contributed by atoms with van der Waals surface area (Å²) in [4.78, 5) is 19.5. The molecule has 156 valence electrons. The molecule has 0 aliphatic carbocycles. The molecule has 1 N–H and O–H groups in total. The number of carbonyl (C=O) groups excluding carboxylic acids is 1. The highest BCUT2D eigenvalue weighted by atomic mass is 32.2. The first-order chi connectivity index (χ1) is 14.7. The summed E-state index contributed by atoms with van der Waals surface area (Å²) in [5.41, 5.74) is 2.10. The molecule has 1 aromatic heterocycles. The van der Waals surface area contributed by atoms with Crippen LogP contribution >= 0.6 is 11.8 Å². The molecule has 0 unspecified atom stereocenters. The predicted octanol–water partition coefficient (Wildman–Crippen LogP) is 3.33. The van der Waals surface area contributed by atoms with Crippen molar-refractivity contribution in [3.63, 3.8) is 0 Å². The highest BCUT2D eigenvalue weighted by Gasteiger charge is 2.20. The number of hydrogen-bond donors (Lipinski definition) is 1. The number of piperazine rings is 1. The quantitative estimate of drug-likeness (QED) is 0.634. The number of nitrogens with one attached hydrogen (secondary N) is 1. The van der Waals surface area contributed by atoms with E-state index in [0.717, 1.165) is 48.2 Å². The van der Waals surface area contributed by atoms with Crippen molar-refractivity contribution in [1.29, 1.82) is 0 Å². The molecule has 7 heteroatoms. The number of rotatable bonds is 7. The number of carbonyl (C=O) groups is 1. The Morgan fingerprint density at radius 3 is 2.43 bits per heavy atom. The van der Waals surface area contributed by atoms with Gasteiger partial charge in [0, 0.05) is 61.3 Å². The average molecular weight is 422 g/mol. The molecule has 1 aliphatic rings. The fourth-order valence-corrected chi connectivity index (χ4v) is 4.51. The first-order valence-corrected chi connectivity index (χ1v) is 11.0. The molecule has 1 amide bonds. The van der Waals surface area contributed by atoms with Crippen LogP contribution in [0.5, 0.6) is 0 Å². The SMILES string of the molecule is Cn1cc(CN2CCN(CC(=O)Nc3ccccc3Sc3ccccc3)CC2)cn1. The zero-order valence-electron chi connectivity index (χ0n) is 17.2. The second-order valence-electron chi connectivity index (χ2n) is 7.53. The summed E-state index contributed by atoms with van der Waals surface area (Å²) < 4.78 is 1.84. The second kappa shape index (κ2) is 9.93. The number of para-hydroxylation sites is 1. The number of amides is 1. The summed E-state index contributed by atoms with van der Waals surface area (Å²) in [6.45, 7) is 5.05. The smallest absolute Gasteiger partial charge is 0.238 e. The maximum atomic E-state index is 12.7. The zero-order valence-corrected chi connectivity index (χ0v) is 18.0. The summed E-state index contributed by atoms with van der Waals surface area (Å²) in [5, 5.41) is 7.34. The number of benzene rings is 2. The Balaban J connectivity index is 1.27. The first kappa shape index (κ1) is 20.7. The fourth-order valence-electron chi connectivity index (χ4n) is 3.58. The van der Waals surface area contributed by atoms with E-state index in [-0.39, 0.29) is 5.91 Å². The van der Waals surface area contributed by atoms with Crippen LogP contribution in [-0.4, -0.2) is 58.2 Å². The number of hydrogen-bond acceptors (Lipinski definition) is 5. The molecule has 30 heavy (non-hydrogen) atoms. The van der Waals surface area contributed by atoms with Crippen LogP contribution < -0.4 is 5.32 Å². The largest absolute Gasteiger partial charge is 0.324 e. The van der Waals surface area contributed by atoms with Gasteiger partial charge in [-0.15, -0.1) is 0 Å². The standard InChI is InChI=1S/C23H27N5OS/c1-26-16-19(15-24-26)17-27-11-13-28(14-12-27)18-23(29)25-21-9-5-6-10-22(21)30-20-7-3-2-4-8-20/h2-10,15-16H,11-14,17-18H2,1H3,(H,25,29). The van der Waals surface area contributed by atoms with Crippen LogP contribution in [0.4, 0.5) is 5.69 Å². The van der Waals surface area contributed by atoms with E-state index in [9.17, 15) is 4.79 Å². The maximum absolute atomic E-state index is 12.7. The molecule has 2 heterocycles. The van der Waals surface area contributed by atoms with Gasteiger partial charge in [-0.05, 0) is 24.3 Å². The molecular formula is C23H27N5OS. The van der Waals surface area contributed by atoms with Crippen molar-refractivity contribution in [3.8, 4) is 0 Å². The Morgan fingerprint density at radius 2 is 1.70 bits per heavy atom. The van der Waals surface area contributed by atoms with Crippen LogP contribution in [0.15, 0.2) is 76.8 Å². The third kappa shape index (κ3) is 5.72. The molecule has 3 aromatic rings. The Hall–Kier alpha value is -2.61. The van der Waals surface area contributed by atoms with E-state index in [1.165, 1.54) is 5.56 Å². The van der Waals surface area contributed by atoms with Gasteiger partial charge < -0.3 is 5.32 Å². The monoisotopic (exact) mass is 421 g/mol. The molecule has 1 aliphatic heterocycles. The third-order valence-corrected chi connectivity index (χ3v) is 6.21. The van der Waals surface area contributed by atoms with Crippen molar-refractivity contribution in [2.24, 2.45) is 7.05 Å². The average Bonchev–Trinajstić information content (AvgIpc) is 3.16. The van der Waals surface area contributed by atoms with E-state index in [2.05, 4.69) is 38.5 Å². The third-order valence-electron chi connectivity index (χ3n) is 5.13.